The predicted octanol–water partition coefficient (Wildman–Crippen LogP) is 3.77. The third-order valence-corrected chi connectivity index (χ3v) is 4.40. The quantitative estimate of drug-likeness (QED) is 0.802. The number of hydrogen-bond acceptors (Lipinski definition) is 4. The highest BCUT2D eigenvalue weighted by atomic mass is 32.2. The van der Waals surface area contributed by atoms with E-state index >= 15 is 0 Å². The number of nitrogens with zero attached hydrogens (tertiary/aromatic N) is 1. The van der Waals surface area contributed by atoms with Gasteiger partial charge in [0.1, 0.15) is 0 Å². The van der Waals surface area contributed by atoms with Crippen molar-refractivity contribution in [1.29, 1.82) is 0 Å². The van der Waals surface area contributed by atoms with Crippen molar-refractivity contribution in [1.82, 2.24) is 4.90 Å². The van der Waals surface area contributed by atoms with Crippen LogP contribution in [0.4, 0.5) is 14.5 Å². The standard InChI is InChI=1S/C15H14F2N2O2S2/c1-19(14(21)12-3-2-8-22-12)9-13(20)18-10-4-6-11(7-5-10)23-15(16)17/h2-8,15H,9H2,1H3,(H,18,20). The lowest BCUT2D eigenvalue weighted by Crippen LogP contribution is -2.34. The Bertz CT molecular complexity index is 661. The molecule has 8 heteroatoms. The molecular weight excluding hydrogens is 342 g/mol. The van der Waals surface area contributed by atoms with Gasteiger partial charge in [-0.3, -0.25) is 9.59 Å². The number of anilines is 1. The first-order valence-electron chi connectivity index (χ1n) is 6.59. The molecule has 122 valence electrons. The molecule has 1 heterocycles. The zero-order chi connectivity index (χ0) is 16.8. The van der Waals surface area contributed by atoms with E-state index in [0.717, 1.165) is 0 Å². The van der Waals surface area contributed by atoms with E-state index in [4.69, 9.17) is 0 Å². The molecular formula is C15H14F2N2O2S2. The number of likely N-dealkylation sites (N-methyl/N-ethyl adjacent to an activating group) is 1. The number of thioether (sulfide) groups is 1. The molecule has 0 unspecified atom stereocenters. The van der Waals surface area contributed by atoms with Crippen molar-refractivity contribution in [3.8, 4) is 0 Å². The highest BCUT2D eigenvalue weighted by molar-refractivity contribution is 7.99. The molecule has 0 bridgehead atoms. The molecule has 0 aliphatic carbocycles. The fourth-order valence-electron chi connectivity index (χ4n) is 1.80. The molecule has 0 radical (unpaired) electrons. The monoisotopic (exact) mass is 356 g/mol. The number of alkyl halides is 2. The summed E-state index contributed by atoms with van der Waals surface area (Å²) in [5.74, 6) is -3.06. The Balaban J connectivity index is 1.88. The number of carbonyl (C=O) groups is 2. The highest BCUT2D eigenvalue weighted by Crippen LogP contribution is 2.26. The van der Waals surface area contributed by atoms with Crippen LogP contribution in [0.25, 0.3) is 0 Å². The van der Waals surface area contributed by atoms with Crippen LogP contribution >= 0.6 is 23.1 Å². The molecule has 23 heavy (non-hydrogen) atoms. The van der Waals surface area contributed by atoms with Gasteiger partial charge >= 0.3 is 0 Å². The Morgan fingerprint density at radius 3 is 2.52 bits per heavy atom. The maximum atomic E-state index is 12.2. The molecule has 2 rings (SSSR count). The largest absolute Gasteiger partial charge is 0.332 e. The van der Waals surface area contributed by atoms with Gasteiger partial charge in [0.2, 0.25) is 5.91 Å². The number of rotatable bonds is 6. The van der Waals surface area contributed by atoms with E-state index in [1.807, 2.05) is 0 Å². The smallest absolute Gasteiger partial charge is 0.288 e. The van der Waals surface area contributed by atoms with Crippen molar-refractivity contribution < 1.29 is 18.4 Å². The molecule has 0 saturated heterocycles. The van der Waals surface area contributed by atoms with E-state index in [2.05, 4.69) is 5.32 Å². The number of amides is 2. The van der Waals surface area contributed by atoms with Crippen LogP contribution in [0.1, 0.15) is 9.67 Å². The maximum absolute atomic E-state index is 12.2. The summed E-state index contributed by atoms with van der Waals surface area (Å²) in [6, 6.07) is 9.57. The van der Waals surface area contributed by atoms with Gasteiger partial charge < -0.3 is 10.2 Å². The summed E-state index contributed by atoms with van der Waals surface area (Å²) in [7, 11) is 1.55. The second-order valence-corrected chi connectivity index (χ2v) is 6.60. The lowest BCUT2D eigenvalue weighted by Gasteiger charge is -2.16. The Morgan fingerprint density at radius 2 is 1.96 bits per heavy atom. The molecule has 0 aliphatic rings. The molecule has 1 aromatic heterocycles. The minimum Gasteiger partial charge on any atom is -0.332 e. The Kier molecular flexibility index (Phi) is 6.12. The fourth-order valence-corrected chi connectivity index (χ4v) is 3.01. The van der Waals surface area contributed by atoms with Crippen LogP contribution in [-0.4, -0.2) is 36.1 Å². The fraction of sp³-hybridized carbons (Fsp3) is 0.200. The van der Waals surface area contributed by atoms with Crippen molar-refractivity contribution >= 4 is 40.6 Å². The summed E-state index contributed by atoms with van der Waals surface area (Å²) >= 11 is 1.75. The van der Waals surface area contributed by atoms with Crippen molar-refractivity contribution in [3.63, 3.8) is 0 Å². The molecule has 2 aromatic rings. The molecule has 2 amide bonds. The second kappa shape index (κ2) is 8.07. The van der Waals surface area contributed by atoms with E-state index < -0.39 is 5.76 Å². The summed E-state index contributed by atoms with van der Waals surface area (Å²) < 4.78 is 24.4. The van der Waals surface area contributed by atoms with E-state index in [9.17, 15) is 18.4 Å². The summed E-state index contributed by atoms with van der Waals surface area (Å²) in [4.78, 5) is 26.3. The Morgan fingerprint density at radius 1 is 1.26 bits per heavy atom. The van der Waals surface area contributed by atoms with Crippen LogP contribution < -0.4 is 5.32 Å². The molecule has 0 saturated carbocycles. The summed E-state index contributed by atoms with van der Waals surface area (Å²) in [6.07, 6.45) is 0. The normalized spacial score (nSPS) is 10.6. The average molecular weight is 356 g/mol. The number of hydrogen-bond donors (Lipinski definition) is 1. The first-order valence-corrected chi connectivity index (χ1v) is 8.35. The lowest BCUT2D eigenvalue weighted by molar-refractivity contribution is -0.116. The molecule has 1 aromatic carbocycles. The minimum absolute atomic E-state index is 0.0930. The first-order chi connectivity index (χ1) is 11.0. The van der Waals surface area contributed by atoms with Gasteiger partial charge in [-0.1, -0.05) is 17.8 Å². The van der Waals surface area contributed by atoms with E-state index in [1.165, 1.54) is 28.4 Å². The molecule has 0 aliphatic heterocycles. The van der Waals surface area contributed by atoms with E-state index in [0.29, 0.717) is 27.2 Å². The predicted molar refractivity (Wildman–Crippen MR) is 88.2 cm³/mol. The number of benzene rings is 1. The number of carbonyl (C=O) groups excluding carboxylic acids is 2. The SMILES string of the molecule is CN(CC(=O)Nc1ccc(SC(F)F)cc1)C(=O)c1cccs1. The number of nitrogens with one attached hydrogen (secondary N) is 1. The van der Waals surface area contributed by atoms with Gasteiger partial charge in [0, 0.05) is 17.6 Å². The van der Waals surface area contributed by atoms with Crippen LogP contribution in [0.3, 0.4) is 0 Å². The zero-order valence-electron chi connectivity index (χ0n) is 12.2. The number of thiophene rings is 1. The van der Waals surface area contributed by atoms with Crippen LogP contribution in [-0.2, 0) is 4.79 Å². The summed E-state index contributed by atoms with van der Waals surface area (Å²) in [5.41, 5.74) is 0.491. The number of halogens is 2. The third kappa shape index (κ3) is 5.33. The second-order valence-electron chi connectivity index (χ2n) is 4.59. The van der Waals surface area contributed by atoms with Gasteiger partial charge in [0.25, 0.3) is 11.7 Å². The molecule has 0 spiro atoms. The zero-order valence-corrected chi connectivity index (χ0v) is 13.8. The van der Waals surface area contributed by atoms with Crippen LogP contribution in [0, 0.1) is 0 Å². The Hall–Kier alpha value is -1.93. The molecule has 4 nitrogen and oxygen atoms in total. The van der Waals surface area contributed by atoms with Crippen molar-refractivity contribution in [2.24, 2.45) is 0 Å². The Labute approximate surface area is 140 Å². The minimum atomic E-state index is -2.48. The summed E-state index contributed by atoms with van der Waals surface area (Å²) in [5, 5.41) is 4.42. The molecule has 1 N–H and O–H groups in total. The van der Waals surface area contributed by atoms with E-state index in [-0.39, 0.29) is 18.4 Å². The highest BCUT2D eigenvalue weighted by Gasteiger charge is 2.15. The van der Waals surface area contributed by atoms with Gasteiger partial charge in [-0.15, -0.1) is 11.3 Å². The molecule has 0 atom stereocenters. The van der Waals surface area contributed by atoms with E-state index in [1.54, 1.807) is 36.7 Å². The van der Waals surface area contributed by atoms with Gasteiger partial charge in [-0.2, -0.15) is 8.78 Å². The van der Waals surface area contributed by atoms with Crippen molar-refractivity contribution in [2.75, 3.05) is 18.9 Å². The van der Waals surface area contributed by atoms with Crippen molar-refractivity contribution in [3.05, 3.63) is 46.7 Å². The van der Waals surface area contributed by atoms with Gasteiger partial charge in [-0.05, 0) is 35.7 Å². The van der Waals surface area contributed by atoms with Crippen molar-refractivity contribution in [2.45, 2.75) is 10.7 Å². The third-order valence-electron chi connectivity index (χ3n) is 2.82. The molecule has 0 fully saturated rings. The van der Waals surface area contributed by atoms with Gasteiger partial charge in [-0.25, -0.2) is 0 Å². The summed E-state index contributed by atoms with van der Waals surface area (Å²) in [6.45, 7) is -0.0930. The van der Waals surface area contributed by atoms with Gasteiger partial charge in [0.15, 0.2) is 0 Å². The van der Waals surface area contributed by atoms with Crippen LogP contribution in [0.2, 0.25) is 0 Å². The van der Waals surface area contributed by atoms with Crippen LogP contribution in [0.5, 0.6) is 0 Å². The lowest BCUT2D eigenvalue weighted by atomic mass is 10.3. The van der Waals surface area contributed by atoms with Gasteiger partial charge in [0.05, 0.1) is 11.4 Å². The maximum Gasteiger partial charge on any atom is 0.288 e. The van der Waals surface area contributed by atoms with Crippen LogP contribution in [0.15, 0.2) is 46.7 Å². The topological polar surface area (TPSA) is 49.4 Å². The average Bonchev–Trinajstić information content (AvgIpc) is 3.02. The first kappa shape index (κ1) is 17.4.